The van der Waals surface area contributed by atoms with E-state index in [1.807, 2.05) is 37.3 Å². The maximum Gasteiger partial charge on any atom is 0.252 e. The first-order valence-corrected chi connectivity index (χ1v) is 8.56. The lowest BCUT2D eigenvalue weighted by atomic mass is 9.77. The third kappa shape index (κ3) is 3.55. The van der Waals surface area contributed by atoms with Crippen LogP contribution in [0.1, 0.15) is 25.3 Å². The third-order valence-electron chi connectivity index (χ3n) is 4.17. The van der Waals surface area contributed by atoms with Crippen LogP contribution in [-0.2, 0) is 16.2 Å². The topological polar surface area (TPSA) is 53.3 Å². The summed E-state index contributed by atoms with van der Waals surface area (Å²) in [5, 5.41) is 10.3. The van der Waals surface area contributed by atoms with Crippen molar-refractivity contribution in [2.75, 3.05) is 11.0 Å². The Bertz CT molecular complexity index is 529. The van der Waals surface area contributed by atoms with Gasteiger partial charge in [0.15, 0.2) is 0 Å². The fourth-order valence-electron chi connectivity index (χ4n) is 2.63. The number of hydrogen-bond acceptors (Lipinski definition) is 3. The molecule has 0 radical (unpaired) electrons. The fourth-order valence-corrected chi connectivity index (χ4v) is 3.88. The molecule has 1 amide bonds. The van der Waals surface area contributed by atoms with Crippen LogP contribution in [0, 0.1) is 22.7 Å². The third-order valence-corrected chi connectivity index (χ3v) is 5.24. The van der Waals surface area contributed by atoms with Crippen LogP contribution in [0.15, 0.2) is 30.3 Å². The van der Waals surface area contributed by atoms with Crippen LogP contribution < -0.4 is 0 Å². The Hall–Kier alpha value is -1.13. The number of nitriles is 1. The van der Waals surface area contributed by atoms with Gasteiger partial charge in [-0.2, -0.15) is 5.26 Å². The highest BCUT2D eigenvalue weighted by molar-refractivity contribution is 14.1. The molecule has 0 saturated carbocycles. The van der Waals surface area contributed by atoms with Gasteiger partial charge in [0.1, 0.15) is 6.61 Å². The maximum absolute atomic E-state index is 12.6. The van der Waals surface area contributed by atoms with Crippen molar-refractivity contribution >= 4 is 28.5 Å². The molecule has 112 valence electrons. The van der Waals surface area contributed by atoms with Crippen molar-refractivity contribution in [2.45, 2.75) is 26.4 Å². The Morgan fingerprint density at radius 3 is 2.81 bits per heavy atom. The summed E-state index contributed by atoms with van der Waals surface area (Å²) in [6, 6.07) is 12.0. The predicted molar refractivity (Wildman–Crippen MR) is 88.3 cm³/mol. The van der Waals surface area contributed by atoms with Crippen LogP contribution >= 0.6 is 22.6 Å². The molecule has 0 N–H and O–H groups in total. The number of hydrogen-bond donors (Lipinski definition) is 0. The first-order chi connectivity index (χ1) is 10.1. The molecule has 2 atom stereocenters. The molecule has 1 saturated heterocycles. The number of halogens is 1. The molecule has 1 heterocycles. The van der Waals surface area contributed by atoms with Crippen LogP contribution in [0.3, 0.4) is 0 Å². The highest BCUT2D eigenvalue weighted by Crippen LogP contribution is 2.42. The first kappa shape index (κ1) is 16.2. The largest absolute Gasteiger partial charge is 0.272 e. The van der Waals surface area contributed by atoms with Crippen LogP contribution in [0.25, 0.3) is 0 Å². The summed E-state index contributed by atoms with van der Waals surface area (Å²) < 4.78 is 0.886. The maximum atomic E-state index is 12.6. The van der Waals surface area contributed by atoms with Crippen molar-refractivity contribution in [2.24, 2.45) is 11.3 Å². The molecule has 1 aromatic carbocycles. The van der Waals surface area contributed by atoms with E-state index in [1.54, 1.807) is 0 Å². The molecule has 0 bridgehead atoms. The standard InChI is InChI=1S/C16H19IN2O2/c1-16(8-5-9-18)14(10-17)11-19(15(16)20)21-12-13-6-3-2-4-7-13/h2-4,6-7,14H,5,8,10-12H2,1H3/t14-,16+/m1/s1. The molecule has 1 aromatic rings. The van der Waals surface area contributed by atoms with Crippen LogP contribution in [0.2, 0.25) is 0 Å². The molecule has 1 aliphatic rings. The molecular formula is C16H19IN2O2. The Kier molecular flexibility index (Phi) is 5.59. The molecule has 2 rings (SSSR count). The Morgan fingerprint density at radius 1 is 1.48 bits per heavy atom. The molecule has 1 fully saturated rings. The zero-order valence-electron chi connectivity index (χ0n) is 12.1. The fraction of sp³-hybridized carbons (Fsp3) is 0.500. The van der Waals surface area contributed by atoms with Crippen molar-refractivity contribution in [1.82, 2.24) is 5.06 Å². The Balaban J connectivity index is 2.02. The van der Waals surface area contributed by atoms with Crippen LogP contribution in [-0.4, -0.2) is 21.9 Å². The van der Waals surface area contributed by atoms with Gasteiger partial charge in [0.25, 0.3) is 5.91 Å². The van der Waals surface area contributed by atoms with Crippen molar-refractivity contribution in [3.05, 3.63) is 35.9 Å². The number of rotatable bonds is 6. The molecule has 5 heteroatoms. The highest BCUT2D eigenvalue weighted by Gasteiger charge is 2.50. The van der Waals surface area contributed by atoms with Gasteiger partial charge in [-0.15, -0.1) is 0 Å². The minimum absolute atomic E-state index is 0.00958. The van der Waals surface area contributed by atoms with Crippen molar-refractivity contribution in [1.29, 1.82) is 5.26 Å². The van der Waals surface area contributed by atoms with Crippen LogP contribution in [0.5, 0.6) is 0 Å². The molecule has 0 unspecified atom stereocenters. The molecule has 0 spiro atoms. The number of carbonyl (C=O) groups excluding carboxylic acids is 1. The van der Waals surface area contributed by atoms with Gasteiger partial charge in [0, 0.05) is 16.8 Å². The summed E-state index contributed by atoms with van der Waals surface area (Å²) >= 11 is 2.31. The van der Waals surface area contributed by atoms with E-state index in [1.165, 1.54) is 5.06 Å². The molecule has 4 nitrogen and oxygen atoms in total. The van der Waals surface area contributed by atoms with Gasteiger partial charge in [-0.1, -0.05) is 59.8 Å². The summed E-state index contributed by atoms with van der Waals surface area (Å²) in [5.41, 5.74) is 0.565. The minimum atomic E-state index is -0.479. The van der Waals surface area contributed by atoms with E-state index in [4.69, 9.17) is 10.1 Å². The average molecular weight is 398 g/mol. The first-order valence-electron chi connectivity index (χ1n) is 7.03. The Labute approximate surface area is 139 Å². The van der Waals surface area contributed by atoms with Gasteiger partial charge in [0.05, 0.1) is 18.0 Å². The number of nitrogens with zero attached hydrogens (tertiary/aromatic N) is 2. The van der Waals surface area contributed by atoms with Crippen molar-refractivity contribution in [3.63, 3.8) is 0 Å². The van der Waals surface area contributed by atoms with Gasteiger partial charge in [-0.25, -0.2) is 5.06 Å². The monoisotopic (exact) mass is 398 g/mol. The van der Waals surface area contributed by atoms with Crippen molar-refractivity contribution in [3.8, 4) is 6.07 Å². The van der Waals surface area contributed by atoms with E-state index >= 15 is 0 Å². The second kappa shape index (κ2) is 7.23. The van der Waals surface area contributed by atoms with Gasteiger partial charge in [0.2, 0.25) is 0 Å². The second-order valence-electron chi connectivity index (χ2n) is 5.55. The van der Waals surface area contributed by atoms with Crippen molar-refractivity contribution < 1.29 is 9.63 Å². The average Bonchev–Trinajstić information content (AvgIpc) is 2.76. The summed E-state index contributed by atoms with van der Waals surface area (Å²) in [6.07, 6.45) is 1.00. The van der Waals surface area contributed by atoms with E-state index in [2.05, 4.69) is 28.7 Å². The molecule has 1 aliphatic heterocycles. The Morgan fingerprint density at radius 2 is 2.19 bits per heavy atom. The summed E-state index contributed by atoms with van der Waals surface area (Å²) in [4.78, 5) is 18.3. The normalized spacial score (nSPS) is 25.1. The predicted octanol–water partition coefficient (Wildman–Crippen LogP) is 3.32. The van der Waals surface area contributed by atoms with Gasteiger partial charge < -0.3 is 0 Å². The zero-order chi connectivity index (χ0) is 15.3. The highest BCUT2D eigenvalue weighted by atomic mass is 127. The lowest BCUT2D eigenvalue weighted by Crippen LogP contribution is -2.34. The molecule has 0 aliphatic carbocycles. The van der Waals surface area contributed by atoms with Crippen LogP contribution in [0.4, 0.5) is 0 Å². The second-order valence-corrected chi connectivity index (χ2v) is 6.43. The van der Waals surface area contributed by atoms with E-state index in [0.29, 0.717) is 26.0 Å². The summed E-state index contributed by atoms with van der Waals surface area (Å²) in [7, 11) is 0. The van der Waals surface area contributed by atoms with E-state index in [0.717, 1.165) is 9.99 Å². The summed E-state index contributed by atoms with van der Waals surface area (Å²) in [5.74, 6) is 0.241. The molecule has 0 aromatic heterocycles. The molecular weight excluding hydrogens is 379 g/mol. The van der Waals surface area contributed by atoms with Gasteiger partial charge >= 0.3 is 0 Å². The van der Waals surface area contributed by atoms with E-state index in [9.17, 15) is 4.79 Å². The van der Waals surface area contributed by atoms with Gasteiger partial charge in [-0.3, -0.25) is 9.63 Å². The SMILES string of the molecule is C[C@@]1(CCC#N)C(=O)N(OCc2ccccc2)C[C@H]1CI. The zero-order valence-corrected chi connectivity index (χ0v) is 14.2. The number of amides is 1. The number of benzene rings is 1. The minimum Gasteiger partial charge on any atom is -0.272 e. The number of hydroxylamine groups is 2. The number of alkyl halides is 1. The van der Waals surface area contributed by atoms with E-state index < -0.39 is 5.41 Å². The lowest BCUT2D eigenvalue weighted by Gasteiger charge is -2.26. The lowest BCUT2D eigenvalue weighted by molar-refractivity contribution is -0.187. The van der Waals surface area contributed by atoms with Gasteiger partial charge in [-0.05, 0) is 12.0 Å². The summed E-state index contributed by atoms with van der Waals surface area (Å²) in [6.45, 7) is 2.97. The number of carbonyl (C=O) groups is 1. The quantitative estimate of drug-likeness (QED) is 0.546. The molecule has 21 heavy (non-hydrogen) atoms. The smallest absolute Gasteiger partial charge is 0.252 e. The van der Waals surface area contributed by atoms with E-state index in [-0.39, 0.29) is 11.8 Å².